The Morgan fingerprint density at radius 2 is 2.00 bits per heavy atom. The number of fused-ring (bicyclic) bond motifs is 1. The van der Waals surface area contributed by atoms with Crippen LogP contribution >= 0.6 is 10.7 Å². The number of para-hydroxylation sites is 1. The number of likely N-dealkylation sites (tertiary alicyclic amines) is 1. The maximum Gasteiger partial charge on any atom is 0.237 e. The van der Waals surface area contributed by atoms with Crippen molar-refractivity contribution in [3.63, 3.8) is 0 Å². The van der Waals surface area contributed by atoms with Gasteiger partial charge < -0.3 is 4.90 Å². The molecule has 1 aliphatic heterocycles. The van der Waals surface area contributed by atoms with Gasteiger partial charge in [-0.3, -0.25) is 9.78 Å². The van der Waals surface area contributed by atoms with Crippen molar-refractivity contribution < 1.29 is 13.2 Å². The number of carbonyl (C=O) groups excluding carboxylic acids is 1. The van der Waals surface area contributed by atoms with Crippen LogP contribution in [0.1, 0.15) is 12.1 Å². The Morgan fingerprint density at radius 1 is 1.24 bits per heavy atom. The zero-order valence-electron chi connectivity index (χ0n) is 11.1. The van der Waals surface area contributed by atoms with Crippen LogP contribution < -0.4 is 0 Å². The van der Waals surface area contributed by atoms with Crippen molar-refractivity contribution in [1.82, 2.24) is 9.88 Å². The van der Waals surface area contributed by atoms with E-state index < -0.39 is 14.3 Å². The SMILES string of the molecule is O=C1CC(S(=O)(=O)Cl)CN1Cc1ccc2ccccc2n1. The van der Waals surface area contributed by atoms with Gasteiger partial charge in [0.1, 0.15) is 5.25 Å². The summed E-state index contributed by atoms with van der Waals surface area (Å²) in [4.78, 5) is 17.8. The number of pyridine rings is 1. The molecule has 0 saturated carbocycles. The minimum absolute atomic E-state index is 0.0561. The predicted molar refractivity (Wildman–Crippen MR) is 80.3 cm³/mol. The summed E-state index contributed by atoms with van der Waals surface area (Å²) < 4.78 is 22.6. The number of aromatic nitrogens is 1. The Hall–Kier alpha value is -1.66. The number of amides is 1. The first kappa shape index (κ1) is 14.3. The highest BCUT2D eigenvalue weighted by molar-refractivity contribution is 8.14. The van der Waals surface area contributed by atoms with Gasteiger partial charge >= 0.3 is 0 Å². The van der Waals surface area contributed by atoms with E-state index in [1.807, 2.05) is 36.4 Å². The molecule has 0 radical (unpaired) electrons. The molecule has 2 heterocycles. The van der Waals surface area contributed by atoms with Crippen LogP contribution in [0.5, 0.6) is 0 Å². The Labute approximate surface area is 127 Å². The number of benzene rings is 1. The zero-order valence-corrected chi connectivity index (χ0v) is 12.6. The molecule has 1 aromatic heterocycles. The van der Waals surface area contributed by atoms with Crippen LogP contribution in [0.2, 0.25) is 0 Å². The lowest BCUT2D eigenvalue weighted by atomic mass is 10.2. The average Bonchev–Trinajstić information content (AvgIpc) is 2.80. The van der Waals surface area contributed by atoms with Gasteiger partial charge in [-0.1, -0.05) is 24.3 Å². The van der Waals surface area contributed by atoms with E-state index in [9.17, 15) is 13.2 Å². The maximum atomic E-state index is 11.9. The van der Waals surface area contributed by atoms with Crippen molar-refractivity contribution >= 4 is 36.5 Å². The van der Waals surface area contributed by atoms with Crippen molar-refractivity contribution in [2.24, 2.45) is 0 Å². The summed E-state index contributed by atoms with van der Waals surface area (Å²) in [7, 11) is 1.62. The van der Waals surface area contributed by atoms with E-state index in [4.69, 9.17) is 10.7 Å². The number of hydrogen-bond donors (Lipinski definition) is 0. The summed E-state index contributed by atoms with van der Waals surface area (Å²) in [6.45, 7) is 0.422. The number of halogens is 1. The van der Waals surface area contributed by atoms with Gasteiger partial charge in [-0.25, -0.2) is 8.42 Å². The fraction of sp³-hybridized carbons (Fsp3) is 0.286. The normalized spacial score (nSPS) is 19.4. The Bertz CT molecular complexity index is 807. The largest absolute Gasteiger partial charge is 0.335 e. The Kier molecular flexibility index (Phi) is 3.59. The third-order valence-corrected chi connectivity index (χ3v) is 5.45. The second-order valence-electron chi connectivity index (χ2n) is 5.07. The fourth-order valence-electron chi connectivity index (χ4n) is 2.47. The van der Waals surface area contributed by atoms with Gasteiger partial charge in [0.25, 0.3) is 0 Å². The fourth-order valence-corrected chi connectivity index (χ4v) is 3.53. The van der Waals surface area contributed by atoms with Crippen LogP contribution in [0.3, 0.4) is 0 Å². The average molecular weight is 325 g/mol. The van der Waals surface area contributed by atoms with Crippen molar-refractivity contribution in [1.29, 1.82) is 0 Å². The topological polar surface area (TPSA) is 67.3 Å². The molecule has 1 aliphatic rings. The highest BCUT2D eigenvalue weighted by Crippen LogP contribution is 2.23. The van der Waals surface area contributed by atoms with E-state index in [-0.39, 0.29) is 18.9 Å². The lowest BCUT2D eigenvalue weighted by Gasteiger charge is -2.15. The summed E-state index contributed by atoms with van der Waals surface area (Å²) in [6.07, 6.45) is -0.0561. The lowest BCUT2D eigenvalue weighted by Crippen LogP contribution is -2.27. The third-order valence-electron chi connectivity index (χ3n) is 3.59. The summed E-state index contributed by atoms with van der Waals surface area (Å²) in [5.41, 5.74) is 1.58. The molecule has 3 rings (SSSR count). The zero-order chi connectivity index (χ0) is 15.0. The summed E-state index contributed by atoms with van der Waals surface area (Å²) in [6, 6.07) is 11.5. The van der Waals surface area contributed by atoms with Crippen LogP contribution in [-0.4, -0.2) is 36.0 Å². The molecule has 0 N–H and O–H groups in total. The van der Waals surface area contributed by atoms with Gasteiger partial charge in [0, 0.05) is 29.0 Å². The van der Waals surface area contributed by atoms with Gasteiger partial charge in [0.2, 0.25) is 15.0 Å². The number of carbonyl (C=O) groups is 1. The molecule has 0 spiro atoms. The molecular weight excluding hydrogens is 312 g/mol. The van der Waals surface area contributed by atoms with E-state index in [1.54, 1.807) is 0 Å². The van der Waals surface area contributed by atoms with E-state index in [0.717, 1.165) is 16.6 Å². The van der Waals surface area contributed by atoms with Crippen LogP contribution in [0.25, 0.3) is 10.9 Å². The smallest absolute Gasteiger partial charge is 0.237 e. The van der Waals surface area contributed by atoms with Crippen LogP contribution in [0.15, 0.2) is 36.4 Å². The molecular formula is C14H13ClN2O3S. The minimum Gasteiger partial charge on any atom is -0.335 e. The summed E-state index contributed by atoms with van der Waals surface area (Å²) in [5, 5.41) is 0.197. The van der Waals surface area contributed by atoms with Crippen LogP contribution in [0.4, 0.5) is 0 Å². The minimum atomic E-state index is -3.71. The van der Waals surface area contributed by atoms with E-state index >= 15 is 0 Å². The molecule has 1 amide bonds. The van der Waals surface area contributed by atoms with Crippen LogP contribution in [-0.2, 0) is 20.4 Å². The molecule has 2 aromatic rings. The quantitative estimate of drug-likeness (QED) is 0.809. The van der Waals surface area contributed by atoms with Crippen molar-refractivity contribution in [2.75, 3.05) is 6.54 Å². The molecule has 1 unspecified atom stereocenters. The standard InChI is InChI=1S/C14H13ClN2O3S/c15-21(19,20)12-7-14(18)17(9-12)8-11-6-5-10-3-1-2-4-13(10)16-11/h1-6,12H,7-9H2. The molecule has 0 aliphatic carbocycles. The predicted octanol–water partition coefficient (Wildman–Crippen LogP) is 1.90. The first-order valence-corrected chi connectivity index (χ1v) is 8.86. The molecule has 110 valence electrons. The monoisotopic (exact) mass is 324 g/mol. The molecule has 1 saturated heterocycles. The Morgan fingerprint density at radius 3 is 2.71 bits per heavy atom. The number of nitrogens with zero attached hydrogens (tertiary/aromatic N) is 2. The van der Waals surface area contributed by atoms with Gasteiger partial charge in [0.15, 0.2) is 0 Å². The van der Waals surface area contributed by atoms with Crippen molar-refractivity contribution in [2.45, 2.75) is 18.2 Å². The first-order valence-electron chi connectivity index (χ1n) is 6.49. The summed E-state index contributed by atoms with van der Waals surface area (Å²) >= 11 is 0. The van der Waals surface area contributed by atoms with Gasteiger partial charge in [-0.2, -0.15) is 0 Å². The molecule has 21 heavy (non-hydrogen) atoms. The first-order chi connectivity index (χ1) is 9.93. The summed E-state index contributed by atoms with van der Waals surface area (Å²) in [5.74, 6) is -0.209. The molecule has 1 fully saturated rings. The van der Waals surface area contributed by atoms with Gasteiger partial charge in [0.05, 0.1) is 17.8 Å². The van der Waals surface area contributed by atoms with Crippen molar-refractivity contribution in [3.8, 4) is 0 Å². The van der Waals surface area contributed by atoms with E-state index in [1.165, 1.54) is 4.90 Å². The molecule has 7 heteroatoms. The van der Waals surface area contributed by atoms with Crippen molar-refractivity contribution in [3.05, 3.63) is 42.1 Å². The van der Waals surface area contributed by atoms with Crippen LogP contribution in [0, 0.1) is 0 Å². The molecule has 0 bridgehead atoms. The maximum absolute atomic E-state index is 11.9. The van der Waals surface area contributed by atoms with E-state index in [0.29, 0.717) is 6.54 Å². The highest BCUT2D eigenvalue weighted by atomic mass is 35.7. The molecule has 5 nitrogen and oxygen atoms in total. The Balaban J connectivity index is 1.81. The highest BCUT2D eigenvalue weighted by Gasteiger charge is 2.37. The van der Waals surface area contributed by atoms with Gasteiger partial charge in [-0.05, 0) is 12.1 Å². The second-order valence-corrected chi connectivity index (χ2v) is 7.98. The second kappa shape index (κ2) is 5.27. The number of rotatable bonds is 3. The lowest BCUT2D eigenvalue weighted by molar-refractivity contribution is -0.128. The third kappa shape index (κ3) is 3.01. The molecule has 1 atom stereocenters. The molecule has 1 aromatic carbocycles. The van der Waals surface area contributed by atoms with Gasteiger partial charge in [-0.15, -0.1) is 0 Å². The number of hydrogen-bond acceptors (Lipinski definition) is 4. The van der Waals surface area contributed by atoms with E-state index in [2.05, 4.69) is 4.98 Å².